The lowest BCUT2D eigenvalue weighted by molar-refractivity contribution is 0.969. The molecule has 0 N–H and O–H groups in total. The van der Waals surface area contributed by atoms with E-state index in [0.29, 0.717) is 5.88 Å². The Balaban J connectivity index is 2.36. The van der Waals surface area contributed by atoms with Gasteiger partial charge in [0.2, 0.25) is 0 Å². The van der Waals surface area contributed by atoms with Crippen molar-refractivity contribution in [1.82, 2.24) is 4.57 Å². The monoisotopic (exact) mass is 217 g/mol. The molecule has 0 saturated carbocycles. The Bertz CT molecular complexity index is 528. The zero-order chi connectivity index (χ0) is 10.7. The number of fused-ring (bicyclic) bond motifs is 1. The van der Waals surface area contributed by atoms with Gasteiger partial charge in [0.25, 0.3) is 0 Å². The Labute approximate surface area is 94.7 Å². The maximum Gasteiger partial charge on any atom is 0.0478 e. The smallest absolute Gasteiger partial charge is 0.0478 e. The van der Waals surface area contributed by atoms with Gasteiger partial charge in [-0.1, -0.05) is 11.8 Å². The molecule has 15 heavy (non-hydrogen) atoms. The minimum atomic E-state index is 0.598. The van der Waals surface area contributed by atoms with E-state index in [1.165, 1.54) is 10.9 Å². The van der Waals surface area contributed by atoms with Gasteiger partial charge >= 0.3 is 0 Å². The van der Waals surface area contributed by atoms with Gasteiger partial charge in [0.05, 0.1) is 0 Å². The highest BCUT2D eigenvalue weighted by Crippen LogP contribution is 2.15. The van der Waals surface area contributed by atoms with Gasteiger partial charge in [-0.3, -0.25) is 0 Å². The average Bonchev–Trinajstić information content (AvgIpc) is 2.61. The van der Waals surface area contributed by atoms with Gasteiger partial charge in [-0.15, -0.1) is 11.6 Å². The fourth-order valence-corrected chi connectivity index (χ4v) is 1.67. The summed E-state index contributed by atoms with van der Waals surface area (Å²) in [5.74, 6) is 6.74. The fourth-order valence-electron chi connectivity index (χ4n) is 1.57. The van der Waals surface area contributed by atoms with Crippen molar-refractivity contribution < 1.29 is 0 Å². The molecule has 76 valence electrons. The molecule has 1 aromatic heterocycles. The van der Waals surface area contributed by atoms with Gasteiger partial charge in [0.15, 0.2) is 0 Å². The highest BCUT2D eigenvalue weighted by molar-refractivity contribution is 6.18. The molecule has 0 spiro atoms. The van der Waals surface area contributed by atoms with E-state index >= 15 is 0 Å². The fraction of sp³-hybridized carbons (Fsp3) is 0.231. The second-order valence-electron chi connectivity index (χ2n) is 3.44. The normalized spacial score (nSPS) is 10.0. The average molecular weight is 218 g/mol. The summed E-state index contributed by atoms with van der Waals surface area (Å²) >= 11 is 5.56. The van der Waals surface area contributed by atoms with Gasteiger partial charge in [-0.05, 0) is 24.3 Å². The lowest BCUT2D eigenvalue weighted by Gasteiger charge is -1.96. The van der Waals surface area contributed by atoms with E-state index in [-0.39, 0.29) is 0 Å². The lowest BCUT2D eigenvalue weighted by atomic mass is 10.1. The first-order valence-corrected chi connectivity index (χ1v) is 5.44. The van der Waals surface area contributed by atoms with E-state index in [1.807, 2.05) is 13.1 Å². The molecule has 1 nitrogen and oxygen atoms in total. The van der Waals surface area contributed by atoms with Crippen molar-refractivity contribution in [3.63, 3.8) is 0 Å². The van der Waals surface area contributed by atoms with Crippen molar-refractivity contribution in [2.75, 3.05) is 5.88 Å². The van der Waals surface area contributed by atoms with Crippen LogP contribution in [0.3, 0.4) is 0 Å². The molecule has 0 aliphatic rings. The van der Waals surface area contributed by atoms with Crippen LogP contribution in [0.4, 0.5) is 0 Å². The number of benzene rings is 1. The molecule has 0 saturated heterocycles. The second kappa shape index (κ2) is 4.42. The van der Waals surface area contributed by atoms with E-state index in [9.17, 15) is 0 Å². The van der Waals surface area contributed by atoms with Crippen LogP contribution < -0.4 is 0 Å². The number of aryl methyl sites for hydroxylation is 1. The number of hydrogen-bond donors (Lipinski definition) is 0. The van der Waals surface area contributed by atoms with Crippen molar-refractivity contribution in [2.24, 2.45) is 7.05 Å². The SMILES string of the molecule is Cn1ccc2cc(C#CCCCl)ccc21. The quantitative estimate of drug-likeness (QED) is 0.511. The molecule has 0 aliphatic heterocycles. The van der Waals surface area contributed by atoms with Crippen LogP contribution in [0.1, 0.15) is 12.0 Å². The summed E-state index contributed by atoms with van der Waals surface area (Å²) in [5, 5.41) is 1.23. The molecule has 0 bridgehead atoms. The molecular weight excluding hydrogens is 206 g/mol. The van der Waals surface area contributed by atoms with Gasteiger partial charge in [-0.2, -0.15) is 0 Å². The van der Waals surface area contributed by atoms with Crippen molar-refractivity contribution in [2.45, 2.75) is 6.42 Å². The molecule has 0 amide bonds. The van der Waals surface area contributed by atoms with Crippen LogP contribution in [0, 0.1) is 11.8 Å². The molecule has 1 aromatic carbocycles. The molecule has 0 unspecified atom stereocenters. The first kappa shape index (κ1) is 10.1. The van der Waals surface area contributed by atoms with Crippen LogP contribution in [0.2, 0.25) is 0 Å². The second-order valence-corrected chi connectivity index (χ2v) is 3.82. The highest BCUT2D eigenvalue weighted by Gasteiger charge is 1.97. The van der Waals surface area contributed by atoms with E-state index in [0.717, 1.165) is 12.0 Å². The molecule has 2 aromatic rings. The van der Waals surface area contributed by atoms with Crippen LogP contribution >= 0.6 is 11.6 Å². The van der Waals surface area contributed by atoms with Gasteiger partial charge in [0, 0.05) is 42.0 Å². The zero-order valence-electron chi connectivity index (χ0n) is 8.63. The first-order chi connectivity index (χ1) is 7.31. The number of halogens is 1. The predicted octanol–water partition coefficient (Wildman–Crippen LogP) is 3.16. The maximum absolute atomic E-state index is 5.56. The molecule has 2 heteroatoms. The topological polar surface area (TPSA) is 4.93 Å². The molecule has 0 radical (unpaired) electrons. The van der Waals surface area contributed by atoms with E-state index in [1.54, 1.807) is 0 Å². The number of alkyl halides is 1. The van der Waals surface area contributed by atoms with E-state index in [2.05, 4.69) is 40.8 Å². The van der Waals surface area contributed by atoms with Crippen molar-refractivity contribution in [3.8, 4) is 11.8 Å². The molecule has 0 fully saturated rings. The first-order valence-electron chi connectivity index (χ1n) is 4.91. The van der Waals surface area contributed by atoms with Crippen LogP contribution in [0.25, 0.3) is 10.9 Å². The molecular formula is C13H12ClN. The largest absolute Gasteiger partial charge is 0.351 e. The summed E-state index contributed by atoms with van der Waals surface area (Å²) in [6, 6.07) is 8.35. The lowest BCUT2D eigenvalue weighted by Crippen LogP contribution is -1.83. The molecule has 2 rings (SSSR count). The molecule has 0 aliphatic carbocycles. The van der Waals surface area contributed by atoms with Crippen LogP contribution in [0.15, 0.2) is 30.5 Å². The van der Waals surface area contributed by atoms with Crippen LogP contribution in [-0.2, 0) is 7.05 Å². The Morgan fingerprint density at radius 2 is 2.20 bits per heavy atom. The maximum atomic E-state index is 5.56. The van der Waals surface area contributed by atoms with Crippen molar-refractivity contribution in [1.29, 1.82) is 0 Å². The Morgan fingerprint density at radius 1 is 1.33 bits per heavy atom. The Morgan fingerprint density at radius 3 is 3.00 bits per heavy atom. The predicted molar refractivity (Wildman–Crippen MR) is 65.1 cm³/mol. The number of aromatic nitrogens is 1. The van der Waals surface area contributed by atoms with Crippen molar-refractivity contribution in [3.05, 3.63) is 36.0 Å². The standard InChI is InChI=1S/C13H12ClN/c1-15-9-7-12-10-11(4-2-3-8-14)5-6-13(12)15/h5-7,9-10H,3,8H2,1H3. The minimum absolute atomic E-state index is 0.598. The number of hydrogen-bond acceptors (Lipinski definition) is 0. The summed E-state index contributed by atoms with van der Waals surface area (Å²) in [7, 11) is 2.04. The third-order valence-corrected chi connectivity index (χ3v) is 2.53. The Kier molecular flexibility index (Phi) is 2.99. The number of rotatable bonds is 1. The highest BCUT2D eigenvalue weighted by atomic mass is 35.5. The van der Waals surface area contributed by atoms with Gasteiger partial charge < -0.3 is 4.57 Å². The van der Waals surface area contributed by atoms with Crippen molar-refractivity contribution >= 4 is 22.5 Å². The van der Waals surface area contributed by atoms with Gasteiger partial charge in [0.1, 0.15) is 0 Å². The van der Waals surface area contributed by atoms with Crippen LogP contribution in [0.5, 0.6) is 0 Å². The molecule has 1 heterocycles. The van der Waals surface area contributed by atoms with E-state index in [4.69, 9.17) is 11.6 Å². The summed E-state index contributed by atoms with van der Waals surface area (Å²) in [6.45, 7) is 0. The number of nitrogens with zero attached hydrogens (tertiary/aromatic N) is 1. The summed E-state index contributed by atoms with van der Waals surface area (Å²) in [4.78, 5) is 0. The summed E-state index contributed by atoms with van der Waals surface area (Å²) in [5.41, 5.74) is 2.29. The van der Waals surface area contributed by atoms with Crippen LogP contribution in [-0.4, -0.2) is 10.4 Å². The van der Waals surface area contributed by atoms with Gasteiger partial charge in [-0.25, -0.2) is 0 Å². The third kappa shape index (κ3) is 2.16. The summed E-state index contributed by atoms with van der Waals surface area (Å²) in [6.07, 6.45) is 2.80. The van der Waals surface area contributed by atoms with E-state index < -0.39 is 0 Å². The minimum Gasteiger partial charge on any atom is -0.351 e. The third-order valence-electron chi connectivity index (χ3n) is 2.34. The molecule has 0 atom stereocenters. The summed E-state index contributed by atoms with van der Waals surface area (Å²) < 4.78 is 2.10. The Hall–Kier alpha value is -1.39. The zero-order valence-corrected chi connectivity index (χ0v) is 9.38.